The highest BCUT2D eigenvalue weighted by molar-refractivity contribution is 7.90. The molecule has 5 heavy (non-hydrogen) atoms. The molecule has 1 aliphatic heterocycles. The van der Waals surface area contributed by atoms with Crippen molar-refractivity contribution in [2.75, 3.05) is 0 Å². The smallest absolute Gasteiger partial charge is 0.185 e. The van der Waals surface area contributed by atoms with Crippen molar-refractivity contribution in [3.8, 4) is 0 Å². The molecule has 1 heterocycles. The summed E-state index contributed by atoms with van der Waals surface area (Å²) < 4.78 is 9.25. The van der Waals surface area contributed by atoms with Crippen LogP contribution in [0.4, 0.5) is 0 Å². The summed E-state index contributed by atoms with van der Waals surface area (Å²) in [7, 11) is 0. The fourth-order valence-electron chi connectivity index (χ4n) is 0.118. The van der Waals surface area contributed by atoms with Gasteiger partial charge in [-0.2, -0.15) is 0 Å². The minimum atomic E-state index is 0.0278. The molecule has 0 aromatic carbocycles. The highest BCUT2D eigenvalue weighted by atomic mass is 32.2. The van der Waals surface area contributed by atoms with E-state index in [0.29, 0.717) is 0 Å². The van der Waals surface area contributed by atoms with Gasteiger partial charge in [-0.1, -0.05) is 0 Å². The molecule has 1 aliphatic rings. The summed E-state index contributed by atoms with van der Waals surface area (Å²) in [6.45, 7) is 1.84. The van der Waals surface area contributed by atoms with Crippen LogP contribution < -0.4 is 0 Å². The molecule has 1 rings (SSSR count). The molecule has 0 unspecified atom stereocenters. The predicted octanol–water partition coefficient (Wildman–Crippen LogP) is 0.942. The molecular weight excluding hydrogens is 88.1 g/mol. The van der Waals surface area contributed by atoms with Crippen LogP contribution in [0.5, 0.6) is 0 Å². The van der Waals surface area contributed by atoms with E-state index in [2.05, 4.69) is 8.37 Å². The summed E-state index contributed by atoms with van der Waals surface area (Å²) in [5, 5.41) is 0. The van der Waals surface area contributed by atoms with E-state index in [1.165, 1.54) is 0 Å². The first-order chi connectivity index (χ1) is 2.39. The lowest BCUT2D eigenvalue weighted by molar-refractivity contribution is -0.0237. The molecule has 30 valence electrons. The Kier molecular flexibility index (Phi) is 0.804. The highest BCUT2D eigenvalue weighted by Gasteiger charge is 2.12. The first-order valence-corrected chi connectivity index (χ1v) is 2.05. The van der Waals surface area contributed by atoms with Gasteiger partial charge in [-0.05, 0) is 6.92 Å². The van der Waals surface area contributed by atoms with Gasteiger partial charge in [-0.3, -0.25) is 8.37 Å². The second-order valence-electron chi connectivity index (χ2n) is 0.828. The first-order valence-electron chi connectivity index (χ1n) is 1.38. The van der Waals surface area contributed by atoms with Crippen LogP contribution in [0.1, 0.15) is 6.92 Å². The van der Waals surface area contributed by atoms with Crippen LogP contribution in [-0.2, 0) is 8.37 Å². The summed E-state index contributed by atoms with van der Waals surface area (Å²) in [5.74, 6) is 0. The maximum atomic E-state index is 4.62. The topological polar surface area (TPSA) is 18.5 Å². The zero-order chi connectivity index (χ0) is 3.70. The molecule has 0 aliphatic carbocycles. The summed E-state index contributed by atoms with van der Waals surface area (Å²) in [5.41, 5.74) is 0. The quantitative estimate of drug-likeness (QED) is 0.414. The Morgan fingerprint density at radius 1 is 1.60 bits per heavy atom. The van der Waals surface area contributed by atoms with Gasteiger partial charge in [0.2, 0.25) is 0 Å². The molecule has 0 amide bonds. The third-order valence-electron chi connectivity index (χ3n) is 0.350. The van der Waals surface area contributed by atoms with E-state index in [1.807, 2.05) is 6.92 Å². The molecule has 3 heteroatoms. The molecular formula is C2H4O2S. The van der Waals surface area contributed by atoms with Gasteiger partial charge in [0.25, 0.3) is 0 Å². The van der Waals surface area contributed by atoms with Gasteiger partial charge in [0.05, 0.1) is 0 Å². The normalized spacial score (nSPS) is 25.8. The van der Waals surface area contributed by atoms with Crippen molar-refractivity contribution in [2.24, 2.45) is 0 Å². The van der Waals surface area contributed by atoms with Crippen molar-refractivity contribution in [2.45, 2.75) is 13.2 Å². The van der Waals surface area contributed by atoms with Crippen LogP contribution >= 0.6 is 12.3 Å². The molecule has 2 nitrogen and oxygen atoms in total. The third-order valence-corrected chi connectivity index (χ3v) is 1.05. The standard InChI is InChI=1S/C2H4O2S/c1-2-3-5-4-2/h2H,1H3. The van der Waals surface area contributed by atoms with Gasteiger partial charge in [-0.25, -0.2) is 0 Å². The van der Waals surface area contributed by atoms with Crippen LogP contribution in [0.2, 0.25) is 0 Å². The van der Waals surface area contributed by atoms with Crippen molar-refractivity contribution in [1.29, 1.82) is 0 Å². The summed E-state index contributed by atoms with van der Waals surface area (Å²) in [4.78, 5) is 0. The predicted molar refractivity (Wildman–Crippen MR) is 19.2 cm³/mol. The van der Waals surface area contributed by atoms with Gasteiger partial charge in [0.1, 0.15) is 0 Å². The Morgan fingerprint density at radius 3 is 2.00 bits per heavy atom. The van der Waals surface area contributed by atoms with E-state index < -0.39 is 0 Å². The minimum absolute atomic E-state index is 0.0278. The molecule has 0 saturated carbocycles. The summed E-state index contributed by atoms with van der Waals surface area (Å²) >= 11 is 1.05. The molecule has 0 radical (unpaired) electrons. The Morgan fingerprint density at radius 2 is 2.00 bits per heavy atom. The van der Waals surface area contributed by atoms with Crippen molar-refractivity contribution in [3.63, 3.8) is 0 Å². The fourth-order valence-corrected chi connectivity index (χ4v) is 0.354. The molecule has 1 fully saturated rings. The Bertz CT molecular complexity index is 34.6. The van der Waals surface area contributed by atoms with Gasteiger partial charge < -0.3 is 0 Å². The van der Waals surface area contributed by atoms with Crippen LogP contribution in [0.25, 0.3) is 0 Å². The van der Waals surface area contributed by atoms with Gasteiger partial charge in [-0.15, -0.1) is 0 Å². The maximum absolute atomic E-state index is 4.62. The lowest BCUT2D eigenvalue weighted by Crippen LogP contribution is -2.13. The number of hydrogen-bond acceptors (Lipinski definition) is 3. The summed E-state index contributed by atoms with van der Waals surface area (Å²) in [6.07, 6.45) is 0.0278. The monoisotopic (exact) mass is 92.0 g/mol. The lowest BCUT2D eigenvalue weighted by Gasteiger charge is -2.17. The Hall–Kier alpha value is 0.270. The summed E-state index contributed by atoms with van der Waals surface area (Å²) in [6, 6.07) is 0. The van der Waals surface area contributed by atoms with Crippen molar-refractivity contribution in [3.05, 3.63) is 0 Å². The molecule has 0 atom stereocenters. The SMILES string of the molecule is CC1OSO1. The largest absolute Gasteiger partial charge is 0.258 e. The third kappa shape index (κ3) is 0.560. The van der Waals surface area contributed by atoms with E-state index in [9.17, 15) is 0 Å². The molecule has 0 spiro atoms. The Balaban J connectivity index is 2.08. The van der Waals surface area contributed by atoms with Gasteiger partial charge in [0.15, 0.2) is 18.6 Å². The van der Waals surface area contributed by atoms with Gasteiger partial charge >= 0.3 is 0 Å². The zero-order valence-corrected chi connectivity index (χ0v) is 3.62. The van der Waals surface area contributed by atoms with Crippen LogP contribution in [0.15, 0.2) is 0 Å². The molecule has 0 aromatic heterocycles. The van der Waals surface area contributed by atoms with Gasteiger partial charge in [0, 0.05) is 0 Å². The van der Waals surface area contributed by atoms with E-state index in [0.717, 1.165) is 12.3 Å². The van der Waals surface area contributed by atoms with E-state index in [-0.39, 0.29) is 6.29 Å². The second-order valence-corrected chi connectivity index (χ2v) is 1.35. The van der Waals surface area contributed by atoms with Crippen LogP contribution in [-0.4, -0.2) is 6.29 Å². The number of hydrogen-bond donors (Lipinski definition) is 0. The van der Waals surface area contributed by atoms with Crippen LogP contribution in [0.3, 0.4) is 0 Å². The average Bonchev–Trinajstić information content (AvgIpc) is 1.30. The molecule has 0 bridgehead atoms. The molecule has 0 aromatic rings. The maximum Gasteiger partial charge on any atom is 0.185 e. The second kappa shape index (κ2) is 1.16. The van der Waals surface area contributed by atoms with Crippen molar-refractivity contribution < 1.29 is 8.37 Å². The van der Waals surface area contributed by atoms with E-state index >= 15 is 0 Å². The van der Waals surface area contributed by atoms with E-state index in [1.54, 1.807) is 0 Å². The number of rotatable bonds is 0. The van der Waals surface area contributed by atoms with Crippen LogP contribution in [0, 0.1) is 0 Å². The first kappa shape index (κ1) is 3.46. The molecule has 1 saturated heterocycles. The lowest BCUT2D eigenvalue weighted by atomic mass is 10.8. The van der Waals surface area contributed by atoms with E-state index in [4.69, 9.17) is 0 Å². The Labute approximate surface area is 34.9 Å². The van der Waals surface area contributed by atoms with Crippen molar-refractivity contribution in [1.82, 2.24) is 0 Å². The highest BCUT2D eigenvalue weighted by Crippen LogP contribution is 2.23. The average molecular weight is 92.1 g/mol. The van der Waals surface area contributed by atoms with Crippen molar-refractivity contribution >= 4 is 12.3 Å². The fraction of sp³-hybridized carbons (Fsp3) is 1.00. The minimum Gasteiger partial charge on any atom is -0.258 e. The molecule has 0 N–H and O–H groups in total. The zero-order valence-electron chi connectivity index (χ0n) is 2.80.